The largest absolute Gasteiger partial charge is 0.494 e. The third-order valence-electron chi connectivity index (χ3n) is 3.16. The highest BCUT2D eigenvalue weighted by Gasteiger charge is 2.02. The maximum Gasteiger partial charge on any atom is 0.274 e. The van der Waals surface area contributed by atoms with Crippen molar-refractivity contribution in [2.24, 2.45) is 0 Å². The summed E-state index contributed by atoms with van der Waals surface area (Å²) in [5.74, 6) is 1.20. The fourth-order valence-electron chi connectivity index (χ4n) is 2.13. The predicted molar refractivity (Wildman–Crippen MR) is 104 cm³/mol. The van der Waals surface area contributed by atoms with Crippen molar-refractivity contribution < 1.29 is 14.4 Å². The third kappa shape index (κ3) is 11.5. The lowest BCUT2D eigenvalue weighted by Crippen LogP contribution is -2.30. The number of hydrogen-bond acceptors (Lipinski definition) is 7. The van der Waals surface area contributed by atoms with Gasteiger partial charge in [-0.15, -0.1) is 12.4 Å². The van der Waals surface area contributed by atoms with Gasteiger partial charge >= 0.3 is 0 Å². The molecule has 0 saturated carbocycles. The molecule has 0 aliphatic carbocycles. The minimum absolute atomic E-state index is 0. The highest BCUT2D eigenvalue weighted by molar-refractivity contribution is 5.85. The van der Waals surface area contributed by atoms with Crippen molar-refractivity contribution in [3.8, 4) is 5.75 Å². The lowest BCUT2D eigenvalue weighted by Gasteiger charge is -2.13. The Bertz CT molecular complexity index is 555. The van der Waals surface area contributed by atoms with Gasteiger partial charge in [-0.05, 0) is 38.2 Å². The molecule has 1 rings (SSSR count). The molecule has 9 heteroatoms. The zero-order chi connectivity index (χ0) is 18.5. The molecule has 0 aromatic heterocycles. The van der Waals surface area contributed by atoms with Gasteiger partial charge in [0.1, 0.15) is 5.75 Å². The van der Waals surface area contributed by atoms with Gasteiger partial charge in [0, 0.05) is 26.7 Å². The van der Waals surface area contributed by atoms with E-state index in [0.717, 1.165) is 24.9 Å². The molecule has 0 unspecified atom stereocenters. The van der Waals surface area contributed by atoms with E-state index in [0.29, 0.717) is 32.1 Å². The molecule has 148 valence electrons. The van der Waals surface area contributed by atoms with Crippen LogP contribution in [0.5, 0.6) is 5.75 Å². The lowest BCUT2D eigenvalue weighted by molar-refractivity contribution is -0.404. The highest BCUT2D eigenvalue weighted by Crippen LogP contribution is 2.14. The molecule has 0 aliphatic rings. The van der Waals surface area contributed by atoms with Gasteiger partial charge in [-0.1, -0.05) is 12.1 Å². The Morgan fingerprint density at radius 2 is 2.00 bits per heavy atom. The number of rotatable bonds is 13. The van der Waals surface area contributed by atoms with Crippen LogP contribution in [0.4, 0.5) is 0 Å². The molecule has 0 atom stereocenters. The topological polar surface area (TPSA) is 88.9 Å². The summed E-state index contributed by atoms with van der Waals surface area (Å²) in [6.45, 7) is 2.93. The molecule has 0 amide bonds. The average Bonchev–Trinajstić information content (AvgIpc) is 2.53. The van der Waals surface area contributed by atoms with E-state index in [1.165, 1.54) is 5.56 Å². The molecule has 2 N–H and O–H groups in total. The Morgan fingerprint density at radius 1 is 1.27 bits per heavy atom. The average molecular weight is 389 g/mol. The monoisotopic (exact) mass is 388 g/mol. The van der Waals surface area contributed by atoms with Crippen molar-refractivity contribution >= 4 is 12.4 Å². The summed E-state index contributed by atoms with van der Waals surface area (Å²) < 4.78 is 10.6. The van der Waals surface area contributed by atoms with Crippen molar-refractivity contribution in [3.63, 3.8) is 0 Å². The first kappa shape index (κ1) is 24.0. The van der Waals surface area contributed by atoms with Crippen molar-refractivity contribution in [1.29, 1.82) is 0 Å². The molecule has 8 nitrogen and oxygen atoms in total. The number of methoxy groups -OCH3 is 1. The maximum absolute atomic E-state index is 10.6. The summed E-state index contributed by atoms with van der Waals surface area (Å²) in [7, 11) is 5.63. The Kier molecular flexibility index (Phi) is 13.1. The quantitative estimate of drug-likeness (QED) is 0.303. The first-order valence-corrected chi connectivity index (χ1v) is 8.19. The number of halogens is 1. The second-order valence-electron chi connectivity index (χ2n) is 5.76. The minimum Gasteiger partial charge on any atom is -0.494 e. The smallest absolute Gasteiger partial charge is 0.274 e. The molecule has 0 spiro atoms. The van der Waals surface area contributed by atoms with Crippen LogP contribution in [0.3, 0.4) is 0 Å². The van der Waals surface area contributed by atoms with E-state index in [1.807, 2.05) is 32.3 Å². The van der Waals surface area contributed by atoms with E-state index in [9.17, 15) is 10.1 Å². The molecular weight excluding hydrogens is 360 g/mol. The number of nitro groups is 1. The molecule has 1 aromatic carbocycles. The maximum atomic E-state index is 10.6. The molecule has 0 fully saturated rings. The number of ether oxygens (including phenoxy) is 2. The summed E-state index contributed by atoms with van der Waals surface area (Å²) >= 11 is 0. The van der Waals surface area contributed by atoms with Crippen LogP contribution in [0, 0.1) is 10.1 Å². The fourth-order valence-corrected chi connectivity index (χ4v) is 2.13. The summed E-state index contributed by atoms with van der Waals surface area (Å²) in [6, 6.07) is 7.99. The van der Waals surface area contributed by atoms with Gasteiger partial charge in [-0.25, -0.2) is 0 Å². The van der Waals surface area contributed by atoms with Crippen molar-refractivity contribution in [1.82, 2.24) is 15.5 Å². The van der Waals surface area contributed by atoms with Crippen molar-refractivity contribution in [2.45, 2.75) is 13.0 Å². The second kappa shape index (κ2) is 14.2. The summed E-state index contributed by atoms with van der Waals surface area (Å²) in [5, 5.41) is 16.5. The number of nitrogens with one attached hydrogen (secondary N) is 2. The molecular formula is C17H29ClN4O4. The van der Waals surface area contributed by atoms with Crippen LogP contribution in [-0.2, 0) is 11.3 Å². The zero-order valence-electron chi connectivity index (χ0n) is 15.6. The van der Waals surface area contributed by atoms with Gasteiger partial charge in [-0.2, -0.15) is 0 Å². The van der Waals surface area contributed by atoms with Gasteiger partial charge in [0.25, 0.3) is 6.20 Å². The predicted octanol–water partition coefficient (Wildman–Crippen LogP) is 1.84. The van der Waals surface area contributed by atoms with E-state index in [1.54, 1.807) is 7.11 Å². The van der Waals surface area contributed by atoms with Gasteiger partial charge in [-0.3, -0.25) is 10.1 Å². The van der Waals surface area contributed by atoms with Gasteiger partial charge < -0.3 is 25.0 Å². The number of hydrogen-bond donors (Lipinski definition) is 2. The summed E-state index contributed by atoms with van der Waals surface area (Å²) in [5.41, 5.74) is 1.19. The molecule has 26 heavy (non-hydrogen) atoms. The van der Waals surface area contributed by atoms with E-state index < -0.39 is 4.92 Å². The van der Waals surface area contributed by atoms with Crippen molar-refractivity contribution in [3.05, 3.63) is 52.0 Å². The number of nitrogens with zero attached hydrogens (tertiary/aromatic N) is 2. The standard InChI is InChI=1S/C17H28N4O4.ClH/c1-20(2)13-15-6-4-7-16(12-15)25-10-5-8-18-17(14-21(22)23)19-9-11-24-3;/h4,6-7,12,14,18-19H,5,8-11,13H2,1-3H3;1H. The second-order valence-corrected chi connectivity index (χ2v) is 5.76. The van der Waals surface area contributed by atoms with Crippen LogP contribution in [0.2, 0.25) is 0 Å². The third-order valence-corrected chi connectivity index (χ3v) is 3.16. The first-order chi connectivity index (χ1) is 12.0. The van der Waals surface area contributed by atoms with Crippen LogP contribution in [-0.4, -0.2) is 57.3 Å². The molecule has 0 bridgehead atoms. The first-order valence-electron chi connectivity index (χ1n) is 8.19. The highest BCUT2D eigenvalue weighted by atomic mass is 35.5. The van der Waals surface area contributed by atoms with Gasteiger partial charge in [0.05, 0.1) is 18.1 Å². The molecule has 1 aromatic rings. The van der Waals surface area contributed by atoms with Crippen LogP contribution in [0.1, 0.15) is 12.0 Å². The summed E-state index contributed by atoms with van der Waals surface area (Å²) in [4.78, 5) is 12.2. The van der Waals surface area contributed by atoms with Crippen molar-refractivity contribution in [2.75, 3.05) is 47.5 Å². The number of benzene rings is 1. The Morgan fingerprint density at radius 3 is 2.65 bits per heavy atom. The lowest BCUT2D eigenvalue weighted by atomic mass is 10.2. The Balaban J connectivity index is 0.00000625. The minimum atomic E-state index is -0.491. The van der Waals surface area contributed by atoms with E-state index in [-0.39, 0.29) is 12.4 Å². The Labute approximate surface area is 161 Å². The van der Waals surface area contributed by atoms with Gasteiger partial charge in [0.2, 0.25) is 0 Å². The fraction of sp³-hybridized carbons (Fsp3) is 0.529. The molecule has 0 aliphatic heterocycles. The van der Waals surface area contributed by atoms with E-state index in [4.69, 9.17) is 9.47 Å². The van der Waals surface area contributed by atoms with E-state index in [2.05, 4.69) is 21.6 Å². The van der Waals surface area contributed by atoms with Crippen LogP contribution in [0.25, 0.3) is 0 Å². The molecule has 0 heterocycles. The molecule has 0 radical (unpaired) electrons. The van der Waals surface area contributed by atoms with Crippen LogP contribution in [0.15, 0.2) is 36.3 Å². The molecule has 0 saturated heterocycles. The normalized spacial score (nSPS) is 11.0. The SMILES string of the molecule is COCCNC(=C[N+](=O)[O-])NCCCOc1cccc(CN(C)C)c1.Cl. The van der Waals surface area contributed by atoms with Gasteiger partial charge in [0.15, 0.2) is 5.82 Å². The van der Waals surface area contributed by atoms with Crippen LogP contribution >= 0.6 is 12.4 Å². The van der Waals surface area contributed by atoms with E-state index >= 15 is 0 Å². The van der Waals surface area contributed by atoms with Crippen LogP contribution < -0.4 is 15.4 Å². The summed E-state index contributed by atoms with van der Waals surface area (Å²) in [6.07, 6.45) is 1.64. The zero-order valence-corrected chi connectivity index (χ0v) is 16.4. The Hall–Kier alpha value is -2.03.